The van der Waals surface area contributed by atoms with E-state index in [9.17, 15) is 18.0 Å². The number of aromatic amines is 1. The van der Waals surface area contributed by atoms with E-state index in [4.69, 9.17) is 4.74 Å². The predicted octanol–water partition coefficient (Wildman–Crippen LogP) is 4.35. The molecule has 4 rings (SSSR count). The Morgan fingerprint density at radius 3 is 2.97 bits per heavy atom. The largest absolute Gasteiger partial charge is 0.472 e. The van der Waals surface area contributed by atoms with Crippen LogP contribution in [0.5, 0.6) is 5.88 Å². The number of benzene rings is 1. The third-order valence-corrected chi connectivity index (χ3v) is 5.79. The molecule has 5 nitrogen and oxygen atoms in total. The first-order valence-corrected chi connectivity index (χ1v) is 10.1. The van der Waals surface area contributed by atoms with Gasteiger partial charge >= 0.3 is 6.18 Å². The Bertz CT molecular complexity index is 1020. The second-order valence-electron chi connectivity index (χ2n) is 6.74. The van der Waals surface area contributed by atoms with Gasteiger partial charge in [0.05, 0.1) is 17.9 Å². The van der Waals surface area contributed by atoms with Crippen LogP contribution in [0.1, 0.15) is 12.0 Å². The van der Waals surface area contributed by atoms with Crippen molar-refractivity contribution in [2.24, 2.45) is 0 Å². The quantitative estimate of drug-likeness (QED) is 0.622. The van der Waals surface area contributed by atoms with Gasteiger partial charge in [-0.2, -0.15) is 13.2 Å². The summed E-state index contributed by atoms with van der Waals surface area (Å²) in [6.45, 7) is 0.849. The molecule has 0 unspecified atom stereocenters. The van der Waals surface area contributed by atoms with E-state index in [1.165, 1.54) is 11.8 Å². The summed E-state index contributed by atoms with van der Waals surface area (Å²) in [6.07, 6.45) is -1.29. The number of para-hydroxylation sites is 1. The predicted molar refractivity (Wildman–Crippen MR) is 104 cm³/mol. The number of amides is 1. The lowest BCUT2D eigenvalue weighted by molar-refractivity contribution is -0.137. The molecular formula is C20H18F3N3O2S. The molecule has 1 aromatic carbocycles. The van der Waals surface area contributed by atoms with Gasteiger partial charge in [-0.1, -0.05) is 18.2 Å². The van der Waals surface area contributed by atoms with Crippen LogP contribution in [0.15, 0.2) is 53.7 Å². The van der Waals surface area contributed by atoms with Crippen LogP contribution < -0.4 is 4.74 Å². The fourth-order valence-corrected chi connectivity index (χ4v) is 4.20. The van der Waals surface area contributed by atoms with Gasteiger partial charge in [-0.05, 0) is 12.1 Å². The molecule has 0 radical (unpaired) electrons. The minimum atomic E-state index is -4.45. The van der Waals surface area contributed by atoms with E-state index in [-0.39, 0.29) is 23.6 Å². The van der Waals surface area contributed by atoms with Crippen LogP contribution in [0.4, 0.5) is 13.2 Å². The lowest BCUT2D eigenvalue weighted by Gasteiger charge is -2.17. The molecule has 1 atom stereocenters. The van der Waals surface area contributed by atoms with Crippen molar-refractivity contribution in [3.05, 3.63) is 54.4 Å². The number of alkyl halides is 3. The minimum absolute atomic E-state index is 0.0246. The molecule has 3 heterocycles. The number of halogens is 3. The Kier molecular flexibility index (Phi) is 5.40. The van der Waals surface area contributed by atoms with Crippen molar-refractivity contribution in [1.82, 2.24) is 14.9 Å². The Morgan fingerprint density at radius 1 is 1.31 bits per heavy atom. The monoisotopic (exact) mass is 421 g/mol. The molecule has 0 saturated carbocycles. The molecule has 1 aliphatic heterocycles. The van der Waals surface area contributed by atoms with Gasteiger partial charge in [0.15, 0.2) is 0 Å². The molecule has 2 aromatic heterocycles. The van der Waals surface area contributed by atoms with Gasteiger partial charge in [-0.3, -0.25) is 4.79 Å². The SMILES string of the molecule is O=C(CSc1c[nH]c2ccccc12)N1CC[C@@H](Oc2cc(C(F)(F)F)ccn2)C1. The normalized spacial score (nSPS) is 17.1. The summed E-state index contributed by atoms with van der Waals surface area (Å²) in [5, 5.41) is 1.07. The minimum Gasteiger partial charge on any atom is -0.472 e. The Hall–Kier alpha value is -2.68. The number of carbonyl (C=O) groups is 1. The first kappa shape index (κ1) is 19.6. The highest BCUT2D eigenvalue weighted by Gasteiger charge is 2.32. The van der Waals surface area contributed by atoms with Crippen molar-refractivity contribution in [3.63, 3.8) is 0 Å². The van der Waals surface area contributed by atoms with E-state index in [1.807, 2.05) is 30.5 Å². The Balaban J connectivity index is 1.32. The summed E-state index contributed by atoms with van der Waals surface area (Å²) >= 11 is 1.46. The standard InChI is InChI=1S/C20H18F3N3O2S/c21-20(22,23)13-5-7-24-18(9-13)28-14-6-8-26(11-14)19(27)12-29-17-10-25-16-4-2-1-3-15(16)17/h1-5,7,9-10,14,25H,6,8,11-12H2/t14-/m1/s1. The van der Waals surface area contributed by atoms with Crippen LogP contribution in [0.25, 0.3) is 10.9 Å². The Morgan fingerprint density at radius 2 is 2.14 bits per heavy atom. The fraction of sp³-hybridized carbons (Fsp3) is 0.300. The van der Waals surface area contributed by atoms with E-state index >= 15 is 0 Å². The average molecular weight is 421 g/mol. The lowest BCUT2D eigenvalue weighted by Crippen LogP contribution is -2.32. The zero-order chi connectivity index (χ0) is 20.4. The molecule has 0 bridgehead atoms. The number of carbonyl (C=O) groups excluding carboxylic acids is 1. The maximum Gasteiger partial charge on any atom is 0.416 e. The maximum absolute atomic E-state index is 12.8. The van der Waals surface area contributed by atoms with Crippen LogP contribution in [0.2, 0.25) is 0 Å². The van der Waals surface area contributed by atoms with Crippen molar-refractivity contribution in [3.8, 4) is 5.88 Å². The van der Waals surface area contributed by atoms with E-state index in [0.29, 0.717) is 19.5 Å². The highest BCUT2D eigenvalue weighted by atomic mass is 32.2. The third-order valence-electron chi connectivity index (χ3n) is 4.75. The fourth-order valence-electron chi connectivity index (χ4n) is 3.27. The molecular weight excluding hydrogens is 403 g/mol. The summed E-state index contributed by atoms with van der Waals surface area (Å²) in [6, 6.07) is 9.66. The number of aromatic nitrogens is 2. The molecule has 0 spiro atoms. The van der Waals surface area contributed by atoms with Gasteiger partial charge in [0, 0.05) is 47.2 Å². The first-order valence-electron chi connectivity index (χ1n) is 9.07. The molecule has 1 amide bonds. The van der Waals surface area contributed by atoms with Crippen LogP contribution in [-0.4, -0.2) is 45.7 Å². The van der Waals surface area contributed by atoms with Gasteiger partial charge in [0.25, 0.3) is 0 Å². The molecule has 0 aliphatic carbocycles. The average Bonchev–Trinajstić information content (AvgIpc) is 3.33. The number of fused-ring (bicyclic) bond motifs is 1. The summed E-state index contributed by atoms with van der Waals surface area (Å²) in [5.41, 5.74) is 0.217. The highest BCUT2D eigenvalue weighted by Crippen LogP contribution is 2.31. The second-order valence-corrected chi connectivity index (χ2v) is 7.75. The van der Waals surface area contributed by atoms with Gasteiger partial charge < -0.3 is 14.6 Å². The molecule has 1 N–H and O–H groups in total. The zero-order valence-electron chi connectivity index (χ0n) is 15.3. The van der Waals surface area contributed by atoms with E-state index in [2.05, 4.69) is 9.97 Å². The third kappa shape index (κ3) is 4.50. The number of hydrogen-bond donors (Lipinski definition) is 1. The van der Waals surface area contributed by atoms with Gasteiger partial charge in [0.2, 0.25) is 11.8 Å². The molecule has 152 valence electrons. The first-order chi connectivity index (χ1) is 13.9. The lowest BCUT2D eigenvalue weighted by atomic mass is 10.2. The van der Waals surface area contributed by atoms with Gasteiger partial charge in [0.1, 0.15) is 6.10 Å². The summed E-state index contributed by atoms with van der Waals surface area (Å²) < 4.78 is 44.0. The van der Waals surface area contributed by atoms with Crippen LogP contribution in [0.3, 0.4) is 0 Å². The number of ether oxygens (including phenoxy) is 1. The van der Waals surface area contributed by atoms with Crippen molar-refractivity contribution in [2.45, 2.75) is 23.6 Å². The summed E-state index contributed by atoms with van der Waals surface area (Å²) in [4.78, 5) is 22.3. The van der Waals surface area contributed by atoms with Crippen molar-refractivity contribution in [1.29, 1.82) is 0 Å². The molecule has 9 heteroatoms. The van der Waals surface area contributed by atoms with Crippen LogP contribution in [0, 0.1) is 0 Å². The highest BCUT2D eigenvalue weighted by molar-refractivity contribution is 8.00. The molecule has 1 saturated heterocycles. The second kappa shape index (κ2) is 7.98. The number of rotatable bonds is 5. The van der Waals surface area contributed by atoms with Crippen molar-refractivity contribution >= 4 is 28.6 Å². The van der Waals surface area contributed by atoms with Gasteiger partial charge in [-0.15, -0.1) is 11.8 Å². The van der Waals surface area contributed by atoms with Crippen LogP contribution >= 0.6 is 11.8 Å². The van der Waals surface area contributed by atoms with Crippen molar-refractivity contribution in [2.75, 3.05) is 18.8 Å². The number of H-pyrrole nitrogens is 1. The number of nitrogens with zero attached hydrogens (tertiary/aromatic N) is 2. The van der Waals surface area contributed by atoms with E-state index in [0.717, 1.165) is 34.1 Å². The maximum atomic E-state index is 12.8. The number of hydrogen-bond acceptors (Lipinski definition) is 4. The number of thioether (sulfide) groups is 1. The summed E-state index contributed by atoms with van der Waals surface area (Å²) in [7, 11) is 0. The number of pyridine rings is 1. The van der Waals surface area contributed by atoms with E-state index < -0.39 is 11.7 Å². The van der Waals surface area contributed by atoms with Gasteiger partial charge in [-0.25, -0.2) is 4.98 Å². The van der Waals surface area contributed by atoms with Crippen LogP contribution in [-0.2, 0) is 11.0 Å². The molecule has 29 heavy (non-hydrogen) atoms. The number of nitrogens with one attached hydrogen (secondary N) is 1. The topological polar surface area (TPSA) is 58.2 Å². The Labute approximate surface area is 169 Å². The molecule has 1 aliphatic rings. The van der Waals surface area contributed by atoms with E-state index in [1.54, 1.807) is 4.90 Å². The summed E-state index contributed by atoms with van der Waals surface area (Å²) in [5.74, 6) is 0.187. The number of likely N-dealkylation sites (tertiary alicyclic amines) is 1. The zero-order valence-corrected chi connectivity index (χ0v) is 16.1. The molecule has 1 fully saturated rings. The van der Waals surface area contributed by atoms with Crippen molar-refractivity contribution < 1.29 is 22.7 Å². The smallest absolute Gasteiger partial charge is 0.416 e. The molecule has 3 aromatic rings.